The maximum Gasteiger partial charge on any atom is 0.414 e. The fourth-order valence-corrected chi connectivity index (χ4v) is 1.32. The Hall–Kier alpha value is -0.620. The van der Waals surface area contributed by atoms with E-state index >= 15 is 0 Å². The molecule has 1 N–H and O–H groups in total. The Morgan fingerprint density at radius 3 is 2.57 bits per heavy atom. The second-order valence-electron chi connectivity index (χ2n) is 2.77. The molecule has 0 aromatic carbocycles. The first kappa shape index (κ1) is 11.5. The predicted molar refractivity (Wildman–Crippen MR) is 47.7 cm³/mol. The number of halogens is 4. The molecule has 1 atom stereocenters. The van der Waals surface area contributed by atoms with Crippen LogP contribution in [-0.2, 0) is 6.42 Å². The molecule has 0 fully saturated rings. The van der Waals surface area contributed by atoms with E-state index in [0.717, 1.165) is 0 Å². The smallest absolute Gasteiger partial charge is 0.383 e. The molecule has 1 aromatic heterocycles. The van der Waals surface area contributed by atoms with Crippen molar-refractivity contribution in [3.8, 4) is 0 Å². The Balaban J connectivity index is 2.70. The Bertz CT molecular complexity index is 316. The van der Waals surface area contributed by atoms with E-state index in [0.29, 0.717) is 10.0 Å². The molecule has 1 aromatic rings. The Morgan fingerprint density at radius 2 is 2.07 bits per heavy atom. The molecule has 0 unspecified atom stereocenters. The zero-order valence-electron chi connectivity index (χ0n) is 6.92. The normalized spacial score (nSPS) is 14.1. The molecule has 0 aliphatic rings. The third-order valence-electron chi connectivity index (χ3n) is 1.57. The number of aliphatic hydroxyl groups excluding tert-OH is 1. The molecule has 0 amide bonds. The molecular formula is C8H7BrF3NO. The van der Waals surface area contributed by atoms with E-state index in [1.807, 2.05) is 0 Å². The number of hydrogen-bond acceptors (Lipinski definition) is 2. The lowest BCUT2D eigenvalue weighted by molar-refractivity contribution is -0.203. The molecular weight excluding hydrogens is 263 g/mol. The molecule has 78 valence electrons. The van der Waals surface area contributed by atoms with Crippen LogP contribution in [0.1, 0.15) is 5.56 Å². The van der Waals surface area contributed by atoms with Crippen molar-refractivity contribution in [2.45, 2.75) is 18.7 Å². The zero-order chi connectivity index (χ0) is 10.8. The van der Waals surface area contributed by atoms with Crippen molar-refractivity contribution >= 4 is 15.9 Å². The summed E-state index contributed by atoms with van der Waals surface area (Å²) in [7, 11) is 0. The van der Waals surface area contributed by atoms with Crippen LogP contribution >= 0.6 is 15.9 Å². The van der Waals surface area contributed by atoms with Crippen molar-refractivity contribution in [1.29, 1.82) is 0 Å². The highest BCUT2D eigenvalue weighted by molar-refractivity contribution is 9.10. The van der Waals surface area contributed by atoms with Crippen LogP contribution in [0, 0.1) is 0 Å². The van der Waals surface area contributed by atoms with E-state index in [2.05, 4.69) is 20.9 Å². The number of pyridine rings is 1. The van der Waals surface area contributed by atoms with Gasteiger partial charge < -0.3 is 5.11 Å². The second kappa shape index (κ2) is 4.27. The summed E-state index contributed by atoms with van der Waals surface area (Å²) in [6.45, 7) is 0. The number of rotatable bonds is 2. The van der Waals surface area contributed by atoms with E-state index in [-0.39, 0.29) is 0 Å². The van der Waals surface area contributed by atoms with Crippen molar-refractivity contribution in [3.63, 3.8) is 0 Å². The van der Waals surface area contributed by atoms with Gasteiger partial charge in [-0.05, 0) is 27.6 Å². The van der Waals surface area contributed by atoms with Crippen molar-refractivity contribution in [2.24, 2.45) is 0 Å². The minimum absolute atomic E-state index is 0.337. The number of hydrogen-bond donors (Lipinski definition) is 1. The monoisotopic (exact) mass is 269 g/mol. The minimum Gasteiger partial charge on any atom is -0.383 e. The summed E-state index contributed by atoms with van der Waals surface area (Å²) in [5.74, 6) is 0. The topological polar surface area (TPSA) is 33.1 Å². The quantitative estimate of drug-likeness (QED) is 0.894. The summed E-state index contributed by atoms with van der Waals surface area (Å²) in [4.78, 5) is 3.69. The highest BCUT2D eigenvalue weighted by Crippen LogP contribution is 2.23. The first-order chi connectivity index (χ1) is 6.39. The van der Waals surface area contributed by atoms with Crippen molar-refractivity contribution in [2.75, 3.05) is 0 Å². The lowest BCUT2D eigenvalue weighted by atomic mass is 10.1. The van der Waals surface area contributed by atoms with Gasteiger partial charge in [0.15, 0.2) is 6.10 Å². The van der Waals surface area contributed by atoms with Gasteiger partial charge in [0, 0.05) is 23.3 Å². The molecule has 0 bridgehead atoms. The second-order valence-corrected chi connectivity index (χ2v) is 3.69. The van der Waals surface area contributed by atoms with Gasteiger partial charge in [-0.3, -0.25) is 4.98 Å². The van der Waals surface area contributed by atoms with Gasteiger partial charge >= 0.3 is 6.18 Å². The van der Waals surface area contributed by atoms with Crippen LogP contribution in [0.25, 0.3) is 0 Å². The molecule has 2 nitrogen and oxygen atoms in total. The van der Waals surface area contributed by atoms with Crippen LogP contribution in [0.3, 0.4) is 0 Å². The van der Waals surface area contributed by atoms with Gasteiger partial charge in [0.2, 0.25) is 0 Å². The van der Waals surface area contributed by atoms with Gasteiger partial charge in [0.25, 0.3) is 0 Å². The van der Waals surface area contributed by atoms with Crippen LogP contribution in [0.5, 0.6) is 0 Å². The number of alkyl halides is 3. The molecule has 0 aliphatic heterocycles. The Kier molecular flexibility index (Phi) is 3.49. The first-order valence-corrected chi connectivity index (χ1v) is 4.53. The van der Waals surface area contributed by atoms with Gasteiger partial charge in [-0.15, -0.1) is 0 Å². The summed E-state index contributed by atoms with van der Waals surface area (Å²) in [5, 5.41) is 8.76. The highest BCUT2D eigenvalue weighted by atomic mass is 79.9. The van der Waals surface area contributed by atoms with Crippen LogP contribution in [0.15, 0.2) is 22.9 Å². The summed E-state index contributed by atoms with van der Waals surface area (Å²) in [5.41, 5.74) is 0.337. The Morgan fingerprint density at radius 1 is 1.43 bits per heavy atom. The maximum atomic E-state index is 12.0. The molecule has 6 heteroatoms. The lowest BCUT2D eigenvalue weighted by Crippen LogP contribution is -2.30. The molecule has 0 spiro atoms. The summed E-state index contributed by atoms with van der Waals surface area (Å²) < 4.78 is 36.4. The highest BCUT2D eigenvalue weighted by Gasteiger charge is 2.37. The lowest BCUT2D eigenvalue weighted by Gasteiger charge is -2.13. The average Bonchev–Trinajstić information content (AvgIpc) is 2.02. The third-order valence-corrected chi connectivity index (χ3v) is 2.00. The van der Waals surface area contributed by atoms with Crippen LogP contribution in [0.2, 0.25) is 0 Å². The van der Waals surface area contributed by atoms with Crippen LogP contribution in [-0.4, -0.2) is 22.4 Å². The summed E-state index contributed by atoms with van der Waals surface area (Å²) >= 11 is 3.08. The van der Waals surface area contributed by atoms with Gasteiger partial charge in [-0.2, -0.15) is 13.2 Å². The van der Waals surface area contributed by atoms with E-state index in [1.54, 1.807) is 0 Å². The maximum absolute atomic E-state index is 12.0. The largest absolute Gasteiger partial charge is 0.414 e. The van der Waals surface area contributed by atoms with Crippen LogP contribution < -0.4 is 0 Å². The van der Waals surface area contributed by atoms with E-state index in [9.17, 15) is 13.2 Å². The third kappa shape index (κ3) is 3.26. The van der Waals surface area contributed by atoms with Crippen molar-refractivity contribution in [3.05, 3.63) is 28.5 Å². The first-order valence-electron chi connectivity index (χ1n) is 3.74. The van der Waals surface area contributed by atoms with Gasteiger partial charge in [0.05, 0.1) is 0 Å². The van der Waals surface area contributed by atoms with Gasteiger partial charge in [0.1, 0.15) is 0 Å². The summed E-state index contributed by atoms with van der Waals surface area (Å²) in [6, 6.07) is 1.49. The fourth-order valence-electron chi connectivity index (χ4n) is 0.906. The number of aliphatic hydroxyl groups is 1. The van der Waals surface area contributed by atoms with E-state index < -0.39 is 18.7 Å². The number of nitrogens with zero attached hydrogens (tertiary/aromatic N) is 1. The van der Waals surface area contributed by atoms with Crippen molar-refractivity contribution < 1.29 is 18.3 Å². The van der Waals surface area contributed by atoms with E-state index in [4.69, 9.17) is 5.11 Å². The molecule has 0 radical (unpaired) electrons. The molecule has 1 rings (SSSR count). The van der Waals surface area contributed by atoms with E-state index in [1.165, 1.54) is 18.5 Å². The standard InChI is InChI=1S/C8H7BrF3NO/c9-6-1-5(3-13-4-6)2-7(14)8(10,11)12/h1,3-4,7,14H,2H2/t7-/m1/s1. The molecule has 0 saturated carbocycles. The molecule has 0 aliphatic carbocycles. The summed E-state index contributed by atoms with van der Waals surface area (Å²) in [6.07, 6.45) is -4.64. The Labute approximate surface area is 86.9 Å². The van der Waals surface area contributed by atoms with Gasteiger partial charge in [-0.1, -0.05) is 0 Å². The number of aromatic nitrogens is 1. The predicted octanol–water partition coefficient (Wildman–Crippen LogP) is 2.31. The average molecular weight is 270 g/mol. The molecule has 1 heterocycles. The fraction of sp³-hybridized carbons (Fsp3) is 0.375. The van der Waals surface area contributed by atoms with Crippen LogP contribution in [0.4, 0.5) is 13.2 Å². The van der Waals surface area contributed by atoms with Crippen molar-refractivity contribution in [1.82, 2.24) is 4.98 Å². The molecule has 14 heavy (non-hydrogen) atoms. The SMILES string of the molecule is O[C@H](Cc1cncc(Br)c1)C(F)(F)F. The van der Waals surface area contributed by atoms with Gasteiger partial charge in [-0.25, -0.2) is 0 Å². The molecule has 0 saturated heterocycles. The zero-order valence-corrected chi connectivity index (χ0v) is 8.51. The minimum atomic E-state index is -4.58.